The van der Waals surface area contributed by atoms with E-state index in [9.17, 15) is 14.9 Å². The molecule has 3 rings (SSSR count). The van der Waals surface area contributed by atoms with Crippen molar-refractivity contribution in [3.05, 3.63) is 56.0 Å². The Labute approximate surface area is 150 Å². The van der Waals surface area contributed by atoms with Gasteiger partial charge in [0.05, 0.1) is 10.5 Å². The van der Waals surface area contributed by atoms with Gasteiger partial charge in [-0.05, 0) is 18.2 Å². The van der Waals surface area contributed by atoms with Gasteiger partial charge in [-0.15, -0.1) is 0 Å². The molecule has 0 unspecified atom stereocenters. The van der Waals surface area contributed by atoms with Crippen LogP contribution >= 0.6 is 15.9 Å². The van der Waals surface area contributed by atoms with Crippen molar-refractivity contribution in [3.63, 3.8) is 0 Å². The van der Waals surface area contributed by atoms with Gasteiger partial charge in [0.1, 0.15) is 19.8 Å². The molecule has 0 atom stereocenters. The Morgan fingerprint density at radius 3 is 2.60 bits per heavy atom. The number of non-ortho nitro benzene ring substituents is 1. The lowest BCUT2D eigenvalue weighted by Gasteiger charge is -2.20. The van der Waals surface area contributed by atoms with Gasteiger partial charge in [0.25, 0.3) is 5.69 Å². The van der Waals surface area contributed by atoms with Crippen molar-refractivity contribution in [1.82, 2.24) is 0 Å². The monoisotopic (exact) mass is 408 g/mol. The number of hydrogen-bond donors (Lipinski definition) is 1. The zero-order valence-corrected chi connectivity index (χ0v) is 14.4. The molecular formula is C16H13BrN2O6. The number of nitrogens with zero attached hydrogens (tertiary/aromatic N) is 1. The van der Waals surface area contributed by atoms with Gasteiger partial charge in [-0.3, -0.25) is 10.1 Å². The van der Waals surface area contributed by atoms with Crippen molar-refractivity contribution in [1.29, 1.82) is 0 Å². The lowest BCUT2D eigenvalue weighted by atomic mass is 10.1. The lowest BCUT2D eigenvalue weighted by Crippen LogP contribution is -2.16. The number of rotatable bonds is 4. The summed E-state index contributed by atoms with van der Waals surface area (Å²) in [6.07, 6.45) is 0. The Hall–Kier alpha value is -2.81. The van der Waals surface area contributed by atoms with Crippen LogP contribution in [0.4, 0.5) is 11.4 Å². The predicted octanol–water partition coefficient (Wildman–Crippen LogP) is 3.07. The van der Waals surface area contributed by atoms with Gasteiger partial charge in [0, 0.05) is 27.9 Å². The first-order valence-electron chi connectivity index (χ1n) is 7.25. The molecule has 0 amide bonds. The average Bonchev–Trinajstić information content (AvgIpc) is 2.59. The van der Waals surface area contributed by atoms with E-state index in [2.05, 4.69) is 15.9 Å². The fourth-order valence-corrected chi connectivity index (χ4v) is 2.71. The smallest absolute Gasteiger partial charge is 0.340 e. The van der Waals surface area contributed by atoms with Crippen LogP contribution < -0.4 is 15.2 Å². The first-order valence-corrected chi connectivity index (χ1v) is 8.04. The van der Waals surface area contributed by atoms with Crippen LogP contribution in [-0.4, -0.2) is 24.1 Å². The fraction of sp³-hybridized carbons (Fsp3) is 0.188. The highest BCUT2D eigenvalue weighted by Crippen LogP contribution is 2.36. The Bertz CT molecular complexity index is 855. The Balaban J connectivity index is 1.77. The maximum absolute atomic E-state index is 12.2. The molecule has 25 heavy (non-hydrogen) atoms. The SMILES string of the molecule is Nc1ccc([N+](=O)[O-])cc1C(=O)OCc1cc2c(cc1Br)OCCO2. The summed E-state index contributed by atoms with van der Waals surface area (Å²) in [5, 5.41) is 10.8. The van der Waals surface area contributed by atoms with Gasteiger partial charge in [0.15, 0.2) is 11.5 Å². The molecule has 0 saturated heterocycles. The number of ether oxygens (including phenoxy) is 3. The van der Waals surface area contributed by atoms with Crippen molar-refractivity contribution in [2.24, 2.45) is 0 Å². The van der Waals surface area contributed by atoms with E-state index >= 15 is 0 Å². The summed E-state index contributed by atoms with van der Waals surface area (Å²) in [5.74, 6) is 0.425. The highest BCUT2D eigenvalue weighted by atomic mass is 79.9. The number of nitro benzene ring substituents is 1. The van der Waals surface area contributed by atoms with Crippen LogP contribution in [0.5, 0.6) is 11.5 Å². The quantitative estimate of drug-likeness (QED) is 0.357. The second kappa shape index (κ2) is 6.98. The van der Waals surface area contributed by atoms with Crippen LogP contribution in [0.15, 0.2) is 34.8 Å². The van der Waals surface area contributed by atoms with E-state index in [-0.39, 0.29) is 23.5 Å². The predicted molar refractivity (Wildman–Crippen MR) is 91.8 cm³/mol. The third kappa shape index (κ3) is 3.66. The second-order valence-corrected chi connectivity index (χ2v) is 6.05. The van der Waals surface area contributed by atoms with E-state index in [1.807, 2.05) is 0 Å². The van der Waals surface area contributed by atoms with Gasteiger partial charge in [-0.25, -0.2) is 4.79 Å². The number of carbonyl (C=O) groups is 1. The molecule has 2 N–H and O–H groups in total. The van der Waals surface area contributed by atoms with Gasteiger partial charge < -0.3 is 19.9 Å². The molecule has 1 aliphatic heterocycles. The number of carbonyl (C=O) groups excluding carboxylic acids is 1. The van der Waals surface area contributed by atoms with E-state index in [1.165, 1.54) is 12.1 Å². The number of hydrogen-bond acceptors (Lipinski definition) is 7. The fourth-order valence-electron chi connectivity index (χ4n) is 2.27. The van der Waals surface area contributed by atoms with E-state index in [0.29, 0.717) is 34.7 Å². The summed E-state index contributed by atoms with van der Waals surface area (Å²) in [6.45, 7) is 0.857. The highest BCUT2D eigenvalue weighted by Gasteiger charge is 2.19. The number of nitro groups is 1. The minimum absolute atomic E-state index is 0.0529. The van der Waals surface area contributed by atoms with Gasteiger partial charge in [0.2, 0.25) is 0 Å². The van der Waals surface area contributed by atoms with Crippen LogP contribution in [0.3, 0.4) is 0 Å². The highest BCUT2D eigenvalue weighted by molar-refractivity contribution is 9.10. The summed E-state index contributed by atoms with van der Waals surface area (Å²) in [6, 6.07) is 7.07. The first kappa shape index (κ1) is 17.0. The number of nitrogens with two attached hydrogens (primary N) is 1. The molecule has 8 nitrogen and oxygen atoms in total. The van der Waals surface area contributed by atoms with E-state index in [4.69, 9.17) is 19.9 Å². The molecule has 130 valence electrons. The average molecular weight is 409 g/mol. The van der Waals surface area contributed by atoms with Gasteiger partial charge >= 0.3 is 5.97 Å². The molecule has 0 fully saturated rings. The maximum atomic E-state index is 12.2. The minimum atomic E-state index is -0.747. The molecule has 1 heterocycles. The molecule has 0 bridgehead atoms. The number of nitrogen functional groups attached to an aromatic ring is 1. The van der Waals surface area contributed by atoms with Crippen LogP contribution in [-0.2, 0) is 11.3 Å². The summed E-state index contributed by atoms with van der Waals surface area (Å²) in [7, 11) is 0. The van der Waals surface area contributed by atoms with Crippen molar-refractivity contribution in [2.75, 3.05) is 18.9 Å². The number of anilines is 1. The third-order valence-electron chi connectivity index (χ3n) is 3.54. The molecule has 1 aliphatic rings. The number of fused-ring (bicyclic) bond motifs is 1. The molecular weight excluding hydrogens is 396 g/mol. The number of benzene rings is 2. The molecule has 2 aromatic carbocycles. The Morgan fingerprint density at radius 1 is 1.24 bits per heavy atom. The van der Waals surface area contributed by atoms with E-state index in [0.717, 1.165) is 6.07 Å². The molecule has 0 aromatic heterocycles. The Morgan fingerprint density at radius 2 is 1.92 bits per heavy atom. The van der Waals surface area contributed by atoms with E-state index in [1.54, 1.807) is 12.1 Å². The van der Waals surface area contributed by atoms with Crippen LogP contribution in [0, 0.1) is 10.1 Å². The largest absolute Gasteiger partial charge is 0.486 e. The van der Waals surface area contributed by atoms with Crippen LogP contribution in [0.1, 0.15) is 15.9 Å². The number of esters is 1. The maximum Gasteiger partial charge on any atom is 0.340 e. The molecule has 0 aliphatic carbocycles. The van der Waals surface area contributed by atoms with Crippen molar-refractivity contribution in [3.8, 4) is 11.5 Å². The summed E-state index contributed by atoms with van der Waals surface area (Å²) in [4.78, 5) is 22.4. The molecule has 0 saturated carbocycles. The van der Waals surface area contributed by atoms with Crippen molar-refractivity contribution in [2.45, 2.75) is 6.61 Å². The lowest BCUT2D eigenvalue weighted by molar-refractivity contribution is -0.384. The van der Waals surface area contributed by atoms with Crippen LogP contribution in [0.2, 0.25) is 0 Å². The topological polar surface area (TPSA) is 114 Å². The molecule has 0 spiro atoms. The number of halogens is 1. The molecule has 9 heteroatoms. The standard InChI is InChI=1S/C16H13BrN2O6/c17-12-7-15-14(23-3-4-24-15)5-9(12)8-25-16(20)11-6-10(19(21)22)1-2-13(11)18/h1-2,5-7H,3-4,8,18H2. The normalized spacial score (nSPS) is 12.5. The van der Waals surface area contributed by atoms with E-state index < -0.39 is 10.9 Å². The van der Waals surface area contributed by atoms with Crippen LogP contribution in [0.25, 0.3) is 0 Å². The van der Waals surface area contributed by atoms with Crippen molar-refractivity contribution >= 4 is 33.3 Å². The zero-order chi connectivity index (χ0) is 18.0. The van der Waals surface area contributed by atoms with Gasteiger partial charge in [-0.2, -0.15) is 0 Å². The molecule has 2 aromatic rings. The molecule has 0 radical (unpaired) electrons. The second-order valence-electron chi connectivity index (χ2n) is 5.19. The summed E-state index contributed by atoms with van der Waals surface area (Å²) in [5.41, 5.74) is 6.20. The summed E-state index contributed by atoms with van der Waals surface area (Å²) >= 11 is 3.39. The first-order chi connectivity index (χ1) is 12.0. The minimum Gasteiger partial charge on any atom is -0.486 e. The summed E-state index contributed by atoms with van der Waals surface area (Å²) < 4.78 is 16.9. The Kier molecular flexibility index (Phi) is 4.75. The van der Waals surface area contributed by atoms with Gasteiger partial charge in [-0.1, -0.05) is 15.9 Å². The third-order valence-corrected chi connectivity index (χ3v) is 4.28. The zero-order valence-electron chi connectivity index (χ0n) is 12.9. The van der Waals surface area contributed by atoms with Crippen molar-refractivity contribution < 1.29 is 23.9 Å².